The zero-order valence-corrected chi connectivity index (χ0v) is 11.3. The normalized spacial score (nSPS) is 25.7. The van der Waals surface area contributed by atoms with Gasteiger partial charge in [0.1, 0.15) is 0 Å². The van der Waals surface area contributed by atoms with E-state index >= 15 is 0 Å². The second kappa shape index (κ2) is 3.94. The van der Waals surface area contributed by atoms with Crippen molar-refractivity contribution in [2.75, 3.05) is 13.1 Å². The molecule has 2 nitrogen and oxygen atoms in total. The van der Waals surface area contributed by atoms with Crippen molar-refractivity contribution in [3.05, 3.63) is 28.3 Å². The third-order valence-electron chi connectivity index (χ3n) is 3.93. The van der Waals surface area contributed by atoms with Crippen LogP contribution in [0.4, 0.5) is 0 Å². The minimum Gasteiger partial charge on any atom is -0.316 e. The molecule has 0 amide bonds. The fraction of sp³-hybridized carbons (Fsp3) is 0.462. The zero-order chi connectivity index (χ0) is 10.7. The Kier molecular flexibility index (Phi) is 2.65. The molecule has 2 heterocycles. The number of nitrogens with zero attached hydrogens (tertiary/aromatic N) is 1. The van der Waals surface area contributed by atoms with Gasteiger partial charge in [-0.05, 0) is 48.4 Å². The van der Waals surface area contributed by atoms with Crippen molar-refractivity contribution in [3.8, 4) is 0 Å². The van der Waals surface area contributed by atoms with Crippen molar-refractivity contribution >= 4 is 34.0 Å². The van der Waals surface area contributed by atoms with Gasteiger partial charge >= 0.3 is 0 Å². The molecule has 17 heavy (non-hydrogen) atoms. The summed E-state index contributed by atoms with van der Waals surface area (Å²) in [4.78, 5) is 4.60. The van der Waals surface area contributed by atoms with Crippen LogP contribution in [0.15, 0.2) is 12.1 Å². The number of hydrogen-bond donors (Lipinski definition) is 1. The zero-order valence-electron chi connectivity index (χ0n) is 9.69. The molecule has 2 bridgehead atoms. The predicted molar refractivity (Wildman–Crippen MR) is 74.6 cm³/mol. The lowest BCUT2D eigenvalue weighted by Crippen LogP contribution is -2.28. The fourth-order valence-electron chi connectivity index (χ4n) is 3.24. The Balaban J connectivity index is 0.000000902. The van der Waals surface area contributed by atoms with Crippen LogP contribution in [0.3, 0.4) is 0 Å². The van der Waals surface area contributed by atoms with E-state index < -0.39 is 0 Å². The Labute approximate surface area is 111 Å². The molecule has 4 rings (SSSR count). The van der Waals surface area contributed by atoms with Gasteiger partial charge in [-0.3, -0.25) is 0 Å². The first-order valence-electron chi connectivity index (χ1n) is 5.93. The molecule has 4 heteroatoms. The number of hydrogen-bond acceptors (Lipinski definition) is 3. The van der Waals surface area contributed by atoms with Gasteiger partial charge in [0.25, 0.3) is 0 Å². The number of aromatic nitrogens is 1. The van der Waals surface area contributed by atoms with Crippen LogP contribution in [0, 0.1) is 6.92 Å². The highest BCUT2D eigenvalue weighted by molar-refractivity contribution is 7.18. The van der Waals surface area contributed by atoms with Crippen LogP contribution in [-0.4, -0.2) is 18.1 Å². The molecule has 1 aromatic carbocycles. The predicted octanol–water partition coefficient (Wildman–Crippen LogP) is 3.20. The van der Waals surface area contributed by atoms with E-state index in [1.165, 1.54) is 21.6 Å². The molecule has 90 valence electrons. The van der Waals surface area contributed by atoms with E-state index in [0.717, 1.165) is 24.9 Å². The maximum atomic E-state index is 4.60. The van der Waals surface area contributed by atoms with E-state index in [1.54, 1.807) is 11.1 Å². The molecule has 1 aliphatic heterocycles. The third kappa shape index (κ3) is 1.60. The van der Waals surface area contributed by atoms with Crippen LogP contribution in [0.25, 0.3) is 10.2 Å². The Morgan fingerprint density at radius 1 is 1.24 bits per heavy atom. The largest absolute Gasteiger partial charge is 0.316 e. The lowest BCUT2D eigenvalue weighted by Gasteiger charge is -2.19. The van der Waals surface area contributed by atoms with Gasteiger partial charge < -0.3 is 5.32 Å². The number of fused-ring (bicyclic) bond motifs is 6. The fourth-order valence-corrected chi connectivity index (χ4v) is 4.10. The quantitative estimate of drug-likeness (QED) is 0.792. The summed E-state index contributed by atoms with van der Waals surface area (Å²) in [6, 6.07) is 4.73. The number of aryl methyl sites for hydroxylation is 1. The van der Waals surface area contributed by atoms with Crippen molar-refractivity contribution in [1.29, 1.82) is 0 Å². The molecule has 1 saturated heterocycles. The standard InChI is InChI=1S/C13H14N2S.ClH/c1-7-15-12-3-10-8-2-9(6-14-5-8)11(10)4-13(12)16-7;/h3-4,8-9,14H,2,5-6H2,1H3;1H. The van der Waals surface area contributed by atoms with Gasteiger partial charge in [0, 0.05) is 13.1 Å². The summed E-state index contributed by atoms with van der Waals surface area (Å²) in [5.74, 6) is 1.49. The maximum absolute atomic E-state index is 4.60. The average Bonchev–Trinajstić information content (AvgIpc) is 2.76. The summed E-state index contributed by atoms with van der Waals surface area (Å²) in [7, 11) is 0. The van der Waals surface area contributed by atoms with Gasteiger partial charge in [0.2, 0.25) is 0 Å². The van der Waals surface area contributed by atoms with Gasteiger partial charge in [-0.1, -0.05) is 0 Å². The van der Waals surface area contributed by atoms with Gasteiger partial charge in [0.05, 0.1) is 15.2 Å². The average molecular weight is 267 g/mol. The molecule has 2 aliphatic rings. The molecule has 1 fully saturated rings. The van der Waals surface area contributed by atoms with Crippen LogP contribution < -0.4 is 5.32 Å². The Bertz CT molecular complexity index is 531. The number of thiazole rings is 1. The van der Waals surface area contributed by atoms with Crippen molar-refractivity contribution in [1.82, 2.24) is 10.3 Å². The van der Waals surface area contributed by atoms with Gasteiger partial charge in [-0.25, -0.2) is 4.98 Å². The molecule has 1 N–H and O–H groups in total. The number of nitrogens with one attached hydrogen (secondary N) is 1. The van der Waals surface area contributed by atoms with E-state index in [1.807, 2.05) is 11.3 Å². The number of benzene rings is 1. The summed E-state index contributed by atoms with van der Waals surface area (Å²) < 4.78 is 1.36. The minimum absolute atomic E-state index is 0. The molecule has 0 spiro atoms. The highest BCUT2D eigenvalue weighted by Gasteiger charge is 2.34. The molecule has 2 unspecified atom stereocenters. The first kappa shape index (κ1) is 11.5. The third-order valence-corrected chi connectivity index (χ3v) is 4.86. The van der Waals surface area contributed by atoms with Crippen molar-refractivity contribution in [3.63, 3.8) is 0 Å². The molecule has 0 saturated carbocycles. The van der Waals surface area contributed by atoms with Crippen molar-refractivity contribution in [2.45, 2.75) is 25.2 Å². The van der Waals surface area contributed by atoms with Crippen molar-refractivity contribution < 1.29 is 0 Å². The van der Waals surface area contributed by atoms with Crippen LogP contribution in [0.5, 0.6) is 0 Å². The molecule has 1 aromatic heterocycles. The summed E-state index contributed by atoms with van der Waals surface area (Å²) in [5, 5.41) is 4.72. The van der Waals surface area contributed by atoms with E-state index in [2.05, 4.69) is 29.4 Å². The Morgan fingerprint density at radius 3 is 2.71 bits per heavy atom. The molecular formula is C13H15ClN2S. The van der Waals surface area contributed by atoms with Crippen molar-refractivity contribution in [2.24, 2.45) is 0 Å². The molecule has 0 radical (unpaired) electrons. The van der Waals surface area contributed by atoms with E-state index in [-0.39, 0.29) is 12.4 Å². The molecule has 1 aliphatic carbocycles. The smallest absolute Gasteiger partial charge is 0.0907 e. The van der Waals surface area contributed by atoms with Gasteiger partial charge in [0.15, 0.2) is 0 Å². The Hall–Kier alpha value is -0.640. The first-order valence-corrected chi connectivity index (χ1v) is 6.74. The summed E-state index contributed by atoms with van der Waals surface area (Å²) in [5.41, 5.74) is 4.35. The monoisotopic (exact) mass is 266 g/mol. The van der Waals surface area contributed by atoms with E-state index in [9.17, 15) is 0 Å². The lowest BCUT2D eigenvalue weighted by molar-refractivity contribution is 0.454. The summed E-state index contributed by atoms with van der Waals surface area (Å²) in [6.07, 6.45) is 1.35. The number of piperidine rings is 1. The van der Waals surface area contributed by atoms with Crippen LogP contribution >= 0.6 is 23.7 Å². The topological polar surface area (TPSA) is 24.9 Å². The van der Waals surface area contributed by atoms with Crippen LogP contribution in [0.2, 0.25) is 0 Å². The SMILES string of the molecule is Cc1nc2cc3c(cc2s1)C1CNCC3C1.Cl. The van der Waals surface area contributed by atoms with Gasteiger partial charge in [-0.2, -0.15) is 0 Å². The van der Waals surface area contributed by atoms with Gasteiger partial charge in [-0.15, -0.1) is 23.7 Å². The second-order valence-corrected chi connectivity index (χ2v) is 6.20. The number of rotatable bonds is 0. The summed E-state index contributed by atoms with van der Waals surface area (Å²) in [6.45, 7) is 4.41. The molecule has 2 atom stereocenters. The first-order chi connectivity index (χ1) is 7.81. The number of halogens is 1. The Morgan fingerprint density at radius 2 is 1.94 bits per heavy atom. The highest BCUT2D eigenvalue weighted by Crippen LogP contribution is 2.45. The minimum atomic E-state index is 0. The van der Waals surface area contributed by atoms with E-state index in [4.69, 9.17) is 0 Å². The van der Waals surface area contributed by atoms with E-state index in [0.29, 0.717) is 0 Å². The molecule has 2 aromatic rings. The van der Waals surface area contributed by atoms with Crippen LogP contribution in [0.1, 0.15) is 34.4 Å². The maximum Gasteiger partial charge on any atom is 0.0907 e. The molecular weight excluding hydrogens is 252 g/mol. The lowest BCUT2D eigenvalue weighted by atomic mass is 9.98. The van der Waals surface area contributed by atoms with Crippen LogP contribution in [-0.2, 0) is 0 Å². The second-order valence-electron chi connectivity index (χ2n) is 4.97. The summed E-state index contributed by atoms with van der Waals surface area (Å²) >= 11 is 1.82. The highest BCUT2D eigenvalue weighted by atomic mass is 35.5.